The third-order valence-electron chi connectivity index (χ3n) is 14.0. The van der Waals surface area contributed by atoms with Crippen LogP contribution in [-0.2, 0) is 26.7 Å². The van der Waals surface area contributed by atoms with E-state index in [1.54, 1.807) is 20.3 Å². The molecule has 5 aliphatic rings. The van der Waals surface area contributed by atoms with E-state index in [9.17, 15) is 13.2 Å². The van der Waals surface area contributed by atoms with E-state index in [2.05, 4.69) is 98.2 Å². The molecule has 1 saturated carbocycles. The van der Waals surface area contributed by atoms with Crippen molar-refractivity contribution in [3.05, 3.63) is 118 Å². The SMILES string of the molecule is COc1ccc(C2(c3ccc(N4CCOCC4)cc3)C=Cc3c4c(c5cc(N6CCOCC6)c(OC)cc5c3O2)-c2ccc(C(F)(F)F)cc2C42CC(C)(C)CC(C)(C)C2)cc1. The number of halogens is 3. The molecule has 5 aromatic carbocycles. The topological polar surface area (TPSA) is 52.6 Å². The predicted octanol–water partition coefficient (Wildman–Crippen LogP) is 11.4. The first kappa shape index (κ1) is 40.9. The summed E-state index contributed by atoms with van der Waals surface area (Å²) >= 11 is 0. The maximum atomic E-state index is 14.8. The molecule has 0 amide bonds. The first-order chi connectivity index (χ1) is 29.7. The largest absolute Gasteiger partial charge is 0.497 e. The highest BCUT2D eigenvalue weighted by Crippen LogP contribution is 2.67. The highest BCUT2D eigenvalue weighted by molar-refractivity contribution is 6.10. The molecule has 3 heterocycles. The van der Waals surface area contributed by atoms with E-state index in [1.165, 1.54) is 12.1 Å². The van der Waals surface area contributed by atoms with Crippen LogP contribution >= 0.6 is 0 Å². The van der Waals surface area contributed by atoms with Crippen LogP contribution in [0, 0.1) is 10.8 Å². The maximum absolute atomic E-state index is 14.8. The molecule has 324 valence electrons. The molecule has 0 aromatic heterocycles. The number of anilines is 2. The lowest BCUT2D eigenvalue weighted by atomic mass is 9.52. The lowest BCUT2D eigenvalue weighted by Gasteiger charge is -2.52. The highest BCUT2D eigenvalue weighted by Gasteiger charge is 2.56. The summed E-state index contributed by atoms with van der Waals surface area (Å²) in [5.41, 5.74) is 5.66. The molecule has 1 atom stereocenters. The Balaban J connectivity index is 1.28. The number of rotatable bonds is 6. The first-order valence-corrected chi connectivity index (χ1v) is 21.9. The lowest BCUT2D eigenvalue weighted by Crippen LogP contribution is -2.44. The molecule has 3 aliphatic heterocycles. The standard InChI is InChI=1S/C52H55F3N2O5/c1-48(2)30-49(3,4)32-50(31-48)42-27-35(52(53,54)55)11-16-38(42)45-40-28-43(57-21-25-61-26-22-57)44(59-6)29-41(40)47-39(46(45)50)17-18-51(62-47,34-9-14-37(58-5)15-10-34)33-7-12-36(13-8-33)56-19-23-60-24-20-56/h7-18,27-29H,19-26,30-32H2,1-6H3. The first-order valence-electron chi connectivity index (χ1n) is 21.9. The minimum absolute atomic E-state index is 0.177. The zero-order valence-corrected chi connectivity index (χ0v) is 36.5. The number of fused-ring (bicyclic) bond motifs is 10. The van der Waals surface area contributed by atoms with Crippen molar-refractivity contribution in [3.63, 3.8) is 0 Å². The third kappa shape index (κ3) is 6.62. The van der Waals surface area contributed by atoms with Gasteiger partial charge < -0.3 is 33.5 Å². The Kier molecular flexibility index (Phi) is 9.68. The van der Waals surface area contributed by atoms with Crippen molar-refractivity contribution in [2.45, 2.75) is 64.1 Å². The molecule has 0 N–H and O–H groups in total. The number of hydrogen-bond acceptors (Lipinski definition) is 7. The Labute approximate surface area is 362 Å². The molecule has 7 nitrogen and oxygen atoms in total. The van der Waals surface area contributed by atoms with Crippen LogP contribution in [0.2, 0.25) is 0 Å². The number of benzene rings is 5. The molecular formula is C52H55F3N2O5. The van der Waals surface area contributed by atoms with E-state index in [0.29, 0.717) is 63.9 Å². The van der Waals surface area contributed by atoms with Crippen LogP contribution in [0.1, 0.15) is 80.3 Å². The Morgan fingerprint density at radius 2 is 1.27 bits per heavy atom. The van der Waals surface area contributed by atoms with Gasteiger partial charge in [0.25, 0.3) is 0 Å². The molecule has 62 heavy (non-hydrogen) atoms. The summed E-state index contributed by atoms with van der Waals surface area (Å²) < 4.78 is 75.5. The van der Waals surface area contributed by atoms with Gasteiger partial charge in [0.05, 0.1) is 51.9 Å². The fourth-order valence-corrected chi connectivity index (χ4v) is 12.2. The number of nitrogens with zero attached hydrogens (tertiary/aromatic N) is 2. The second-order valence-electron chi connectivity index (χ2n) is 19.4. The average molecular weight is 845 g/mol. The molecule has 0 radical (unpaired) electrons. The van der Waals surface area contributed by atoms with E-state index in [0.717, 1.165) is 86.4 Å². The van der Waals surface area contributed by atoms with Crippen molar-refractivity contribution in [1.29, 1.82) is 0 Å². The molecule has 3 fully saturated rings. The van der Waals surface area contributed by atoms with Gasteiger partial charge in [-0.1, -0.05) is 64.1 Å². The van der Waals surface area contributed by atoms with Gasteiger partial charge in [-0.05, 0) is 112 Å². The van der Waals surface area contributed by atoms with Gasteiger partial charge >= 0.3 is 6.18 Å². The van der Waals surface area contributed by atoms with Crippen LogP contribution in [-0.4, -0.2) is 66.8 Å². The molecule has 0 bridgehead atoms. The third-order valence-corrected chi connectivity index (χ3v) is 14.0. The van der Waals surface area contributed by atoms with Gasteiger partial charge in [-0.3, -0.25) is 0 Å². The Bertz CT molecular complexity index is 2550. The summed E-state index contributed by atoms with van der Waals surface area (Å²) in [6.07, 6.45) is 2.19. The molecule has 5 aromatic rings. The van der Waals surface area contributed by atoms with Gasteiger partial charge in [0.15, 0.2) is 5.60 Å². The quantitative estimate of drug-likeness (QED) is 0.169. The second-order valence-corrected chi connectivity index (χ2v) is 19.4. The summed E-state index contributed by atoms with van der Waals surface area (Å²) in [6.45, 7) is 14.7. The smallest absolute Gasteiger partial charge is 0.416 e. The summed E-state index contributed by atoms with van der Waals surface area (Å²) in [5, 5.41) is 1.78. The monoisotopic (exact) mass is 844 g/mol. The van der Waals surface area contributed by atoms with Crippen LogP contribution < -0.4 is 24.0 Å². The second kappa shape index (κ2) is 14.7. The molecular weight excluding hydrogens is 790 g/mol. The maximum Gasteiger partial charge on any atom is 0.416 e. The number of alkyl halides is 3. The molecule has 1 unspecified atom stereocenters. The molecule has 10 rings (SSSR count). The predicted molar refractivity (Wildman–Crippen MR) is 239 cm³/mol. The molecule has 2 aliphatic carbocycles. The minimum atomic E-state index is -4.50. The number of methoxy groups -OCH3 is 2. The van der Waals surface area contributed by atoms with Gasteiger partial charge in [0.2, 0.25) is 0 Å². The van der Waals surface area contributed by atoms with Crippen LogP contribution in [0.4, 0.5) is 24.5 Å². The van der Waals surface area contributed by atoms with Crippen molar-refractivity contribution in [1.82, 2.24) is 0 Å². The Morgan fingerprint density at radius 3 is 1.87 bits per heavy atom. The fraction of sp³-hybridized carbons (Fsp3) is 0.423. The van der Waals surface area contributed by atoms with Gasteiger partial charge in [-0.25, -0.2) is 0 Å². The van der Waals surface area contributed by atoms with E-state index in [1.807, 2.05) is 12.1 Å². The van der Waals surface area contributed by atoms with Crippen LogP contribution in [0.3, 0.4) is 0 Å². The van der Waals surface area contributed by atoms with E-state index in [-0.39, 0.29) is 10.8 Å². The summed E-state index contributed by atoms with van der Waals surface area (Å²) in [6, 6.07) is 25.4. The molecule has 1 spiro atoms. The molecule has 2 saturated heterocycles. The molecule has 10 heteroatoms. The Hall–Kier alpha value is -5.19. The van der Waals surface area contributed by atoms with Gasteiger partial charge in [0, 0.05) is 59.4 Å². The lowest BCUT2D eigenvalue weighted by molar-refractivity contribution is -0.137. The zero-order chi connectivity index (χ0) is 43.2. The summed E-state index contributed by atoms with van der Waals surface area (Å²) in [5.74, 6) is 2.12. The van der Waals surface area contributed by atoms with Gasteiger partial charge in [0.1, 0.15) is 17.2 Å². The van der Waals surface area contributed by atoms with Crippen LogP contribution in [0.5, 0.6) is 17.2 Å². The fourth-order valence-electron chi connectivity index (χ4n) is 12.2. The van der Waals surface area contributed by atoms with E-state index in [4.69, 9.17) is 23.7 Å². The van der Waals surface area contributed by atoms with Gasteiger partial charge in [-0.15, -0.1) is 0 Å². The van der Waals surface area contributed by atoms with E-state index < -0.39 is 22.8 Å². The highest BCUT2D eigenvalue weighted by atomic mass is 19.4. The number of ether oxygens (including phenoxy) is 5. The van der Waals surface area contributed by atoms with Crippen LogP contribution in [0.25, 0.3) is 28.0 Å². The van der Waals surface area contributed by atoms with Crippen molar-refractivity contribution in [2.24, 2.45) is 10.8 Å². The average Bonchev–Trinajstić information content (AvgIpc) is 3.52. The van der Waals surface area contributed by atoms with E-state index >= 15 is 0 Å². The number of hydrogen-bond donors (Lipinski definition) is 0. The normalized spacial score (nSPS) is 22.2. The summed E-state index contributed by atoms with van der Waals surface area (Å²) in [4.78, 5) is 4.63. The zero-order valence-electron chi connectivity index (χ0n) is 36.5. The van der Waals surface area contributed by atoms with Gasteiger partial charge in [-0.2, -0.15) is 13.2 Å². The Morgan fingerprint density at radius 1 is 0.661 bits per heavy atom. The van der Waals surface area contributed by atoms with Crippen LogP contribution in [0.15, 0.2) is 84.9 Å². The van der Waals surface area contributed by atoms with Crippen molar-refractivity contribution in [3.8, 4) is 28.4 Å². The summed E-state index contributed by atoms with van der Waals surface area (Å²) in [7, 11) is 3.35. The van der Waals surface area contributed by atoms with Crippen molar-refractivity contribution < 1.29 is 36.9 Å². The number of morpholine rings is 2. The minimum Gasteiger partial charge on any atom is -0.497 e. The van der Waals surface area contributed by atoms with Crippen molar-refractivity contribution >= 4 is 28.2 Å². The van der Waals surface area contributed by atoms with Crippen molar-refractivity contribution in [2.75, 3.05) is 76.6 Å².